The van der Waals surface area contributed by atoms with Gasteiger partial charge in [-0.1, -0.05) is 18.2 Å². The number of anilines is 2. The number of rotatable bonds is 5. The average Bonchev–Trinajstić information content (AvgIpc) is 3.42. The molecule has 2 N–H and O–H groups in total. The summed E-state index contributed by atoms with van der Waals surface area (Å²) < 4.78 is 40.6. The van der Waals surface area contributed by atoms with Crippen LogP contribution in [0.15, 0.2) is 53.4 Å². The van der Waals surface area contributed by atoms with Gasteiger partial charge in [-0.3, -0.25) is 14.9 Å². The second kappa shape index (κ2) is 8.66. The fraction of sp³-hybridized carbons (Fsp3) is 0.182. The number of halogens is 3. The minimum atomic E-state index is -4.49. The summed E-state index contributed by atoms with van der Waals surface area (Å²) in [7, 11) is 1.70. The molecular formula is C22H18F3N5O2S. The van der Waals surface area contributed by atoms with Crippen molar-refractivity contribution in [3.8, 4) is 0 Å². The molecule has 33 heavy (non-hydrogen) atoms. The molecule has 0 spiro atoms. The third-order valence-electron chi connectivity index (χ3n) is 5.15. The first-order valence-electron chi connectivity index (χ1n) is 9.77. The first-order valence-corrected chi connectivity index (χ1v) is 10.7. The summed E-state index contributed by atoms with van der Waals surface area (Å²) in [4.78, 5) is 33.3. The van der Waals surface area contributed by atoms with Crippen LogP contribution in [-0.2, 0) is 18.0 Å². The van der Waals surface area contributed by atoms with Crippen LogP contribution in [0.3, 0.4) is 0 Å². The molecule has 2 aromatic carbocycles. The molecule has 0 aliphatic heterocycles. The fourth-order valence-electron chi connectivity index (χ4n) is 3.26. The average molecular weight is 473 g/mol. The monoisotopic (exact) mass is 473 g/mol. The molecular weight excluding hydrogens is 455 g/mol. The number of carbonyl (C=O) groups is 2. The first-order chi connectivity index (χ1) is 15.6. The molecule has 4 aromatic rings. The number of fused-ring (bicyclic) bond motifs is 1. The smallest absolute Gasteiger partial charge is 0.321 e. The molecule has 0 aliphatic carbocycles. The van der Waals surface area contributed by atoms with Gasteiger partial charge >= 0.3 is 6.18 Å². The maximum Gasteiger partial charge on any atom is 0.416 e. The number of hydrogen-bond acceptors (Lipinski definition) is 5. The van der Waals surface area contributed by atoms with Crippen LogP contribution in [0.25, 0.3) is 11.0 Å². The van der Waals surface area contributed by atoms with Gasteiger partial charge in [0, 0.05) is 18.1 Å². The van der Waals surface area contributed by atoms with Gasteiger partial charge in [0.1, 0.15) is 5.69 Å². The van der Waals surface area contributed by atoms with Crippen LogP contribution in [0.2, 0.25) is 0 Å². The Hall–Kier alpha value is -3.73. The molecule has 1 unspecified atom stereocenters. The molecule has 2 heterocycles. The van der Waals surface area contributed by atoms with Crippen LogP contribution in [0, 0.1) is 0 Å². The van der Waals surface area contributed by atoms with Crippen molar-refractivity contribution in [2.45, 2.75) is 19.0 Å². The Morgan fingerprint density at radius 1 is 1.12 bits per heavy atom. The number of nitrogens with one attached hydrogen (secondary N) is 2. The van der Waals surface area contributed by atoms with Crippen molar-refractivity contribution in [1.29, 1.82) is 0 Å². The maximum absolute atomic E-state index is 13.0. The van der Waals surface area contributed by atoms with Crippen LogP contribution < -0.4 is 10.6 Å². The maximum atomic E-state index is 13.0. The Labute approximate surface area is 190 Å². The molecule has 2 aromatic heterocycles. The zero-order chi connectivity index (χ0) is 23.8. The normalized spacial score (nSPS) is 12.5. The third kappa shape index (κ3) is 4.72. The fourth-order valence-corrected chi connectivity index (χ4v) is 3.80. The lowest BCUT2D eigenvalue weighted by molar-refractivity contribution is -0.137. The molecule has 7 nitrogen and oxygen atoms in total. The summed E-state index contributed by atoms with van der Waals surface area (Å²) in [6, 6.07) is 9.78. The van der Waals surface area contributed by atoms with E-state index in [9.17, 15) is 22.8 Å². The molecule has 0 aliphatic rings. The van der Waals surface area contributed by atoms with E-state index in [1.54, 1.807) is 40.7 Å². The molecule has 0 radical (unpaired) electrons. The summed E-state index contributed by atoms with van der Waals surface area (Å²) in [6.45, 7) is 1.53. The number of hydrogen-bond donors (Lipinski definition) is 2. The second-order valence-corrected chi connectivity index (χ2v) is 8.08. The number of aromatic nitrogens is 3. The van der Waals surface area contributed by atoms with E-state index < -0.39 is 23.6 Å². The second-order valence-electron chi connectivity index (χ2n) is 7.36. The summed E-state index contributed by atoms with van der Waals surface area (Å²) in [5.74, 6) is -1.45. The minimum absolute atomic E-state index is 0.233. The van der Waals surface area contributed by atoms with E-state index in [0.29, 0.717) is 22.4 Å². The quantitative estimate of drug-likeness (QED) is 0.425. The Balaban J connectivity index is 1.53. The zero-order valence-corrected chi connectivity index (χ0v) is 18.3. The van der Waals surface area contributed by atoms with Crippen LogP contribution in [0.5, 0.6) is 0 Å². The van der Waals surface area contributed by atoms with Gasteiger partial charge in [0.2, 0.25) is 11.9 Å². The van der Waals surface area contributed by atoms with Crippen molar-refractivity contribution < 1.29 is 22.8 Å². The van der Waals surface area contributed by atoms with E-state index in [4.69, 9.17) is 0 Å². The van der Waals surface area contributed by atoms with Gasteiger partial charge in [0.25, 0.3) is 5.91 Å². The summed E-state index contributed by atoms with van der Waals surface area (Å²) in [5.41, 5.74) is 3.03. The topological polar surface area (TPSA) is 88.9 Å². The molecule has 0 saturated carbocycles. The molecule has 1 atom stereocenters. The standard InChI is InChI=1S/C22H18F3N5O2S/c1-12(13-4-3-5-14(8-13)22(23,24)25)19(31)29-21-28-16-9-15(6-7-18(16)30(21)2)27-20(32)17-10-33-11-26-17/h3-12H,1-2H3,(H,27,32)(H,28,29,31). The predicted molar refractivity (Wildman–Crippen MR) is 119 cm³/mol. The van der Waals surface area contributed by atoms with Gasteiger partial charge < -0.3 is 9.88 Å². The van der Waals surface area contributed by atoms with E-state index in [2.05, 4.69) is 20.6 Å². The Morgan fingerprint density at radius 3 is 2.61 bits per heavy atom. The molecule has 170 valence electrons. The highest BCUT2D eigenvalue weighted by molar-refractivity contribution is 7.07. The number of alkyl halides is 3. The SMILES string of the molecule is CC(C(=O)Nc1nc2cc(NC(=O)c3cscn3)ccc2n1C)c1cccc(C(F)(F)F)c1. The van der Waals surface area contributed by atoms with E-state index >= 15 is 0 Å². The van der Waals surface area contributed by atoms with Gasteiger partial charge in [0.05, 0.1) is 28.0 Å². The first kappa shape index (κ1) is 22.5. The van der Waals surface area contributed by atoms with Gasteiger partial charge in [-0.15, -0.1) is 11.3 Å². The van der Waals surface area contributed by atoms with Crippen molar-refractivity contribution in [2.24, 2.45) is 7.05 Å². The number of aryl methyl sites for hydroxylation is 1. The van der Waals surface area contributed by atoms with Crippen molar-refractivity contribution in [3.63, 3.8) is 0 Å². The summed E-state index contributed by atoms with van der Waals surface area (Å²) >= 11 is 1.31. The molecule has 4 rings (SSSR count). The van der Waals surface area contributed by atoms with Gasteiger partial charge in [0.15, 0.2) is 0 Å². The Kier molecular flexibility index (Phi) is 5.90. The largest absolute Gasteiger partial charge is 0.416 e. The lowest BCUT2D eigenvalue weighted by atomic mass is 9.98. The zero-order valence-electron chi connectivity index (χ0n) is 17.5. The van der Waals surface area contributed by atoms with Crippen LogP contribution >= 0.6 is 11.3 Å². The summed E-state index contributed by atoms with van der Waals surface area (Å²) in [5, 5.41) is 7.05. The Morgan fingerprint density at radius 2 is 1.91 bits per heavy atom. The van der Waals surface area contributed by atoms with E-state index in [0.717, 1.165) is 12.1 Å². The van der Waals surface area contributed by atoms with Crippen LogP contribution in [0.1, 0.15) is 34.5 Å². The van der Waals surface area contributed by atoms with E-state index in [-0.39, 0.29) is 17.4 Å². The lowest BCUT2D eigenvalue weighted by Gasteiger charge is -2.14. The minimum Gasteiger partial charge on any atom is -0.321 e. The van der Waals surface area contributed by atoms with Gasteiger partial charge in [-0.05, 0) is 36.8 Å². The molecule has 0 bridgehead atoms. The number of benzene rings is 2. The third-order valence-corrected chi connectivity index (χ3v) is 5.73. The van der Waals surface area contributed by atoms with Gasteiger partial charge in [-0.2, -0.15) is 13.2 Å². The molecule has 11 heteroatoms. The summed E-state index contributed by atoms with van der Waals surface area (Å²) in [6.07, 6.45) is -4.49. The van der Waals surface area contributed by atoms with E-state index in [1.165, 1.54) is 30.4 Å². The number of imidazole rings is 1. The highest BCUT2D eigenvalue weighted by atomic mass is 32.1. The molecule has 2 amide bonds. The molecule has 0 saturated heterocycles. The highest BCUT2D eigenvalue weighted by Crippen LogP contribution is 2.31. The molecule has 0 fully saturated rings. The highest BCUT2D eigenvalue weighted by Gasteiger charge is 2.31. The van der Waals surface area contributed by atoms with Gasteiger partial charge in [-0.25, -0.2) is 9.97 Å². The van der Waals surface area contributed by atoms with Crippen LogP contribution in [0.4, 0.5) is 24.8 Å². The Bertz CT molecular complexity index is 1330. The van der Waals surface area contributed by atoms with Crippen molar-refractivity contribution in [2.75, 3.05) is 10.6 Å². The predicted octanol–water partition coefficient (Wildman–Crippen LogP) is 5.04. The van der Waals surface area contributed by atoms with E-state index in [1.807, 2.05) is 0 Å². The lowest BCUT2D eigenvalue weighted by Crippen LogP contribution is -2.21. The van der Waals surface area contributed by atoms with Crippen LogP contribution in [-0.4, -0.2) is 26.3 Å². The van der Waals surface area contributed by atoms with Crippen molar-refractivity contribution in [3.05, 3.63) is 70.2 Å². The number of carbonyl (C=O) groups excluding carboxylic acids is 2. The van der Waals surface area contributed by atoms with Crippen molar-refractivity contribution in [1.82, 2.24) is 14.5 Å². The number of nitrogens with zero attached hydrogens (tertiary/aromatic N) is 3. The number of thiazole rings is 1. The number of amides is 2. The van der Waals surface area contributed by atoms with Crippen molar-refractivity contribution >= 4 is 45.8 Å².